The Morgan fingerprint density at radius 2 is 1.94 bits per heavy atom. The quantitative estimate of drug-likeness (QED) is 0.769. The number of rotatable bonds is 6. The van der Waals surface area contributed by atoms with Crippen molar-refractivity contribution >= 4 is 0 Å². The number of nitrogens with two attached hydrogens (primary N) is 1. The molecular formula is C11H24N6. The molecule has 0 amide bonds. The van der Waals surface area contributed by atoms with Crippen LogP contribution in [0.1, 0.15) is 33.5 Å². The third-order valence-electron chi connectivity index (χ3n) is 3.44. The number of nitrogens with zero attached hydrogens (tertiary/aromatic N) is 5. The van der Waals surface area contributed by atoms with Crippen molar-refractivity contribution in [3.8, 4) is 0 Å². The van der Waals surface area contributed by atoms with Crippen LogP contribution in [-0.2, 0) is 13.5 Å². The van der Waals surface area contributed by atoms with Crippen molar-refractivity contribution in [3.05, 3.63) is 5.82 Å². The zero-order valence-electron chi connectivity index (χ0n) is 11.5. The standard InChI is InChI=1S/C11H24N6/c1-6-17(7-2)11(3,4)9(12)8-10-13-15-16(5)14-10/h9H,6-8,12H2,1-5H3. The summed E-state index contributed by atoms with van der Waals surface area (Å²) >= 11 is 0. The third-order valence-corrected chi connectivity index (χ3v) is 3.44. The Morgan fingerprint density at radius 1 is 1.35 bits per heavy atom. The fourth-order valence-corrected chi connectivity index (χ4v) is 2.12. The molecule has 0 radical (unpaired) electrons. The first-order valence-electron chi connectivity index (χ1n) is 6.15. The van der Waals surface area contributed by atoms with Crippen LogP contribution in [-0.4, -0.2) is 49.8 Å². The van der Waals surface area contributed by atoms with E-state index in [4.69, 9.17) is 5.73 Å². The van der Waals surface area contributed by atoms with Crippen LogP contribution in [0.25, 0.3) is 0 Å². The normalized spacial score (nSPS) is 14.3. The molecule has 0 bridgehead atoms. The van der Waals surface area contributed by atoms with Crippen molar-refractivity contribution in [3.63, 3.8) is 0 Å². The van der Waals surface area contributed by atoms with Gasteiger partial charge in [-0.1, -0.05) is 13.8 Å². The van der Waals surface area contributed by atoms with E-state index in [0.29, 0.717) is 12.2 Å². The molecule has 0 aliphatic carbocycles. The van der Waals surface area contributed by atoms with E-state index in [9.17, 15) is 0 Å². The van der Waals surface area contributed by atoms with Gasteiger partial charge in [0.25, 0.3) is 0 Å². The Labute approximate surface area is 103 Å². The van der Waals surface area contributed by atoms with Gasteiger partial charge in [0.1, 0.15) is 0 Å². The van der Waals surface area contributed by atoms with Gasteiger partial charge >= 0.3 is 0 Å². The fourth-order valence-electron chi connectivity index (χ4n) is 2.12. The van der Waals surface area contributed by atoms with E-state index in [2.05, 4.69) is 48.0 Å². The predicted octanol–water partition coefficient (Wildman–Crippen LogP) is 0.200. The molecule has 1 aromatic heterocycles. The van der Waals surface area contributed by atoms with Gasteiger partial charge in [-0.3, -0.25) is 4.90 Å². The minimum absolute atomic E-state index is 0.00778. The number of hydrogen-bond acceptors (Lipinski definition) is 5. The van der Waals surface area contributed by atoms with Gasteiger partial charge in [-0.15, -0.1) is 10.2 Å². The lowest BCUT2D eigenvalue weighted by atomic mass is 9.90. The van der Waals surface area contributed by atoms with E-state index in [1.54, 1.807) is 7.05 Å². The molecule has 1 aromatic rings. The first-order chi connectivity index (χ1) is 7.91. The molecule has 1 unspecified atom stereocenters. The highest BCUT2D eigenvalue weighted by molar-refractivity contribution is 4.96. The predicted molar refractivity (Wildman–Crippen MR) is 67.5 cm³/mol. The number of likely N-dealkylation sites (N-methyl/N-ethyl adjacent to an activating group) is 1. The topological polar surface area (TPSA) is 72.9 Å². The molecule has 0 fully saturated rings. The third kappa shape index (κ3) is 3.23. The molecule has 98 valence electrons. The zero-order chi connectivity index (χ0) is 13.1. The lowest BCUT2D eigenvalue weighted by molar-refractivity contribution is 0.106. The van der Waals surface area contributed by atoms with Crippen molar-refractivity contribution in [1.82, 2.24) is 25.1 Å². The Kier molecular flexibility index (Phi) is 4.59. The maximum atomic E-state index is 6.29. The van der Waals surface area contributed by atoms with E-state index in [-0.39, 0.29) is 11.6 Å². The lowest BCUT2D eigenvalue weighted by Crippen LogP contribution is -2.56. The molecule has 1 atom stereocenters. The highest BCUT2D eigenvalue weighted by Crippen LogP contribution is 2.19. The van der Waals surface area contributed by atoms with Gasteiger partial charge in [-0.25, -0.2) is 0 Å². The van der Waals surface area contributed by atoms with Gasteiger partial charge in [0.2, 0.25) is 0 Å². The molecule has 0 saturated heterocycles. The molecule has 0 aliphatic rings. The minimum atomic E-state index is -0.0668. The highest BCUT2D eigenvalue weighted by Gasteiger charge is 2.32. The minimum Gasteiger partial charge on any atom is -0.326 e. The SMILES string of the molecule is CCN(CC)C(C)(C)C(N)Cc1nnn(C)n1. The van der Waals surface area contributed by atoms with Crippen molar-refractivity contribution < 1.29 is 0 Å². The van der Waals surface area contributed by atoms with E-state index in [0.717, 1.165) is 13.1 Å². The van der Waals surface area contributed by atoms with Gasteiger partial charge in [-0.2, -0.15) is 4.80 Å². The summed E-state index contributed by atoms with van der Waals surface area (Å²) in [5.74, 6) is 0.709. The molecule has 0 saturated carbocycles. The average Bonchev–Trinajstić information content (AvgIpc) is 2.65. The van der Waals surface area contributed by atoms with Gasteiger partial charge in [0.15, 0.2) is 5.82 Å². The Hall–Kier alpha value is -1.01. The Balaban J connectivity index is 2.71. The second kappa shape index (κ2) is 5.55. The maximum absolute atomic E-state index is 6.29. The van der Waals surface area contributed by atoms with Gasteiger partial charge in [0, 0.05) is 18.0 Å². The summed E-state index contributed by atoms with van der Waals surface area (Å²) < 4.78 is 0. The largest absolute Gasteiger partial charge is 0.326 e. The summed E-state index contributed by atoms with van der Waals surface area (Å²) in [6.07, 6.45) is 0.650. The molecule has 6 heteroatoms. The van der Waals surface area contributed by atoms with Gasteiger partial charge < -0.3 is 5.73 Å². The summed E-state index contributed by atoms with van der Waals surface area (Å²) in [5, 5.41) is 12.0. The lowest BCUT2D eigenvalue weighted by Gasteiger charge is -2.41. The summed E-state index contributed by atoms with van der Waals surface area (Å²) in [7, 11) is 1.76. The van der Waals surface area contributed by atoms with Crippen LogP contribution in [0.5, 0.6) is 0 Å². The summed E-state index contributed by atoms with van der Waals surface area (Å²) in [4.78, 5) is 3.82. The van der Waals surface area contributed by atoms with Crippen LogP contribution >= 0.6 is 0 Å². The number of aryl methyl sites for hydroxylation is 1. The van der Waals surface area contributed by atoms with Crippen LogP contribution < -0.4 is 5.73 Å². The first-order valence-corrected chi connectivity index (χ1v) is 6.15. The smallest absolute Gasteiger partial charge is 0.176 e. The summed E-state index contributed by atoms with van der Waals surface area (Å²) in [5.41, 5.74) is 6.22. The molecular weight excluding hydrogens is 216 g/mol. The van der Waals surface area contributed by atoms with Crippen molar-refractivity contribution in [2.24, 2.45) is 12.8 Å². The number of tetrazole rings is 1. The monoisotopic (exact) mass is 240 g/mol. The Bertz CT molecular complexity index is 341. The summed E-state index contributed by atoms with van der Waals surface area (Å²) in [6, 6.07) is -0.00778. The van der Waals surface area contributed by atoms with Crippen molar-refractivity contribution in [2.45, 2.75) is 45.7 Å². The average molecular weight is 240 g/mol. The molecule has 17 heavy (non-hydrogen) atoms. The second-order valence-corrected chi connectivity index (χ2v) is 4.83. The van der Waals surface area contributed by atoms with Gasteiger partial charge in [-0.05, 0) is 32.2 Å². The van der Waals surface area contributed by atoms with E-state index >= 15 is 0 Å². The van der Waals surface area contributed by atoms with E-state index < -0.39 is 0 Å². The van der Waals surface area contributed by atoms with Crippen LogP contribution in [0.2, 0.25) is 0 Å². The fraction of sp³-hybridized carbons (Fsp3) is 0.909. The van der Waals surface area contributed by atoms with Crippen LogP contribution in [0, 0.1) is 0 Å². The van der Waals surface area contributed by atoms with Gasteiger partial charge in [0.05, 0.1) is 7.05 Å². The summed E-state index contributed by atoms with van der Waals surface area (Å²) in [6.45, 7) is 10.6. The molecule has 6 nitrogen and oxygen atoms in total. The van der Waals surface area contributed by atoms with Crippen molar-refractivity contribution in [1.29, 1.82) is 0 Å². The maximum Gasteiger partial charge on any atom is 0.176 e. The van der Waals surface area contributed by atoms with Crippen molar-refractivity contribution in [2.75, 3.05) is 13.1 Å². The van der Waals surface area contributed by atoms with Crippen LogP contribution in [0.4, 0.5) is 0 Å². The second-order valence-electron chi connectivity index (χ2n) is 4.83. The van der Waals surface area contributed by atoms with E-state index in [1.165, 1.54) is 4.80 Å². The zero-order valence-corrected chi connectivity index (χ0v) is 11.5. The number of hydrogen-bond donors (Lipinski definition) is 1. The van der Waals surface area contributed by atoms with Crippen LogP contribution in [0.3, 0.4) is 0 Å². The Morgan fingerprint density at radius 3 is 2.35 bits per heavy atom. The number of aromatic nitrogens is 4. The van der Waals surface area contributed by atoms with Crippen LogP contribution in [0.15, 0.2) is 0 Å². The van der Waals surface area contributed by atoms with E-state index in [1.807, 2.05) is 0 Å². The molecule has 0 spiro atoms. The highest BCUT2D eigenvalue weighted by atomic mass is 15.6. The molecule has 1 rings (SSSR count). The molecule has 1 heterocycles. The first kappa shape index (κ1) is 14.1. The molecule has 0 aliphatic heterocycles. The molecule has 0 aromatic carbocycles. The molecule has 2 N–H and O–H groups in total.